The molecule has 1 fully saturated rings. The fraction of sp³-hybridized carbons (Fsp3) is 0.0909. The van der Waals surface area contributed by atoms with E-state index in [4.69, 9.17) is 5.41 Å². The monoisotopic (exact) mass is 282 g/mol. The van der Waals surface area contributed by atoms with E-state index in [1.54, 1.807) is 18.2 Å². The molecule has 0 saturated carbocycles. The molecule has 2 N–H and O–H groups in total. The smallest absolute Gasteiger partial charge is 0.289 e. The maximum absolute atomic E-state index is 11.3. The summed E-state index contributed by atoms with van der Waals surface area (Å²) >= 11 is 0.947. The standard InChI is InChI=1S/C11H10N2O3S2/c1-18(15,16)8-4-2-7(3-5-8)6-9-10(12)13-11(14)17-9/h2-6H,1H3,(H2,12,13,14). The molecule has 2 rings (SSSR count). The van der Waals surface area contributed by atoms with E-state index in [0.29, 0.717) is 4.91 Å². The highest BCUT2D eigenvalue weighted by Gasteiger charge is 2.21. The fourth-order valence-electron chi connectivity index (χ4n) is 1.40. The van der Waals surface area contributed by atoms with E-state index < -0.39 is 9.84 Å². The Morgan fingerprint density at radius 3 is 2.33 bits per heavy atom. The number of nitrogens with one attached hydrogen (secondary N) is 2. The molecule has 1 saturated heterocycles. The molecular formula is C11H10N2O3S2. The van der Waals surface area contributed by atoms with E-state index in [1.807, 2.05) is 0 Å². The van der Waals surface area contributed by atoms with Crippen LogP contribution in [0.1, 0.15) is 5.56 Å². The average molecular weight is 282 g/mol. The van der Waals surface area contributed by atoms with Crippen molar-refractivity contribution < 1.29 is 13.2 Å². The fourth-order valence-corrected chi connectivity index (χ4v) is 2.74. The first-order valence-electron chi connectivity index (χ1n) is 4.96. The molecule has 1 amide bonds. The van der Waals surface area contributed by atoms with Crippen LogP contribution < -0.4 is 5.32 Å². The summed E-state index contributed by atoms with van der Waals surface area (Å²) in [6.45, 7) is 0. The van der Waals surface area contributed by atoms with Gasteiger partial charge < -0.3 is 5.32 Å². The van der Waals surface area contributed by atoms with Gasteiger partial charge in [-0.3, -0.25) is 10.2 Å². The zero-order valence-electron chi connectivity index (χ0n) is 9.43. The van der Waals surface area contributed by atoms with Crippen LogP contribution in [0.25, 0.3) is 6.08 Å². The van der Waals surface area contributed by atoms with Gasteiger partial charge in [0.05, 0.1) is 9.80 Å². The molecule has 0 atom stereocenters. The second-order valence-electron chi connectivity index (χ2n) is 3.74. The van der Waals surface area contributed by atoms with Gasteiger partial charge in [0.1, 0.15) is 5.84 Å². The summed E-state index contributed by atoms with van der Waals surface area (Å²) in [7, 11) is -3.20. The van der Waals surface area contributed by atoms with Crippen molar-refractivity contribution >= 4 is 38.7 Å². The largest absolute Gasteiger partial charge is 0.301 e. The van der Waals surface area contributed by atoms with E-state index in [2.05, 4.69) is 5.32 Å². The van der Waals surface area contributed by atoms with Crippen molar-refractivity contribution in [3.05, 3.63) is 34.7 Å². The van der Waals surface area contributed by atoms with E-state index in [9.17, 15) is 13.2 Å². The number of sulfone groups is 1. The topological polar surface area (TPSA) is 87.1 Å². The summed E-state index contributed by atoms with van der Waals surface area (Å²) in [6, 6.07) is 6.28. The Kier molecular flexibility index (Phi) is 3.27. The van der Waals surface area contributed by atoms with E-state index in [0.717, 1.165) is 23.6 Å². The number of benzene rings is 1. The van der Waals surface area contributed by atoms with E-state index >= 15 is 0 Å². The van der Waals surface area contributed by atoms with Gasteiger partial charge in [-0.1, -0.05) is 12.1 Å². The number of amides is 1. The maximum atomic E-state index is 11.3. The molecule has 0 unspecified atom stereocenters. The Morgan fingerprint density at radius 1 is 1.28 bits per heavy atom. The third-order valence-electron chi connectivity index (χ3n) is 2.28. The number of thioether (sulfide) groups is 1. The van der Waals surface area contributed by atoms with Gasteiger partial charge in [0.25, 0.3) is 5.24 Å². The van der Waals surface area contributed by atoms with Crippen molar-refractivity contribution in [1.82, 2.24) is 5.32 Å². The summed E-state index contributed by atoms with van der Waals surface area (Å²) in [4.78, 5) is 11.8. The number of carbonyl (C=O) groups excluding carboxylic acids is 1. The lowest BCUT2D eigenvalue weighted by atomic mass is 10.2. The van der Waals surface area contributed by atoms with Crippen LogP contribution in [0.5, 0.6) is 0 Å². The Hall–Kier alpha value is -1.60. The number of carbonyl (C=O) groups is 1. The third-order valence-corrected chi connectivity index (χ3v) is 4.24. The minimum absolute atomic E-state index is 0.0668. The Bertz CT molecular complexity index is 645. The van der Waals surface area contributed by atoms with Gasteiger partial charge >= 0.3 is 0 Å². The first-order valence-corrected chi connectivity index (χ1v) is 7.66. The van der Waals surface area contributed by atoms with Gasteiger partial charge in [-0.2, -0.15) is 0 Å². The van der Waals surface area contributed by atoms with Gasteiger partial charge in [0, 0.05) is 6.26 Å². The van der Waals surface area contributed by atoms with Crippen LogP contribution >= 0.6 is 11.8 Å². The average Bonchev–Trinajstić information content (AvgIpc) is 2.57. The molecule has 1 heterocycles. The molecule has 1 aromatic rings. The first-order chi connectivity index (χ1) is 8.36. The van der Waals surface area contributed by atoms with Crippen LogP contribution in [0, 0.1) is 5.41 Å². The zero-order valence-corrected chi connectivity index (χ0v) is 11.1. The summed E-state index contributed by atoms with van der Waals surface area (Å²) in [5.74, 6) is 0.0668. The second-order valence-corrected chi connectivity index (χ2v) is 6.77. The van der Waals surface area contributed by atoms with Crippen molar-refractivity contribution in [2.75, 3.05) is 6.26 Å². The van der Waals surface area contributed by atoms with Gasteiger partial charge in [-0.25, -0.2) is 8.42 Å². The minimum atomic E-state index is -3.20. The van der Waals surface area contributed by atoms with Crippen LogP contribution in [0.2, 0.25) is 0 Å². The Labute approximate surface area is 109 Å². The molecule has 1 aliphatic heterocycles. The predicted molar refractivity (Wildman–Crippen MR) is 71.4 cm³/mol. The molecule has 1 aliphatic rings. The molecule has 0 bridgehead atoms. The number of hydrogen-bond acceptors (Lipinski definition) is 5. The Morgan fingerprint density at radius 2 is 1.89 bits per heavy atom. The molecular weight excluding hydrogens is 272 g/mol. The quantitative estimate of drug-likeness (QED) is 0.866. The van der Waals surface area contributed by atoms with Crippen LogP contribution in [-0.4, -0.2) is 25.7 Å². The van der Waals surface area contributed by atoms with Gasteiger partial charge in [0.15, 0.2) is 9.84 Å². The molecule has 0 radical (unpaired) electrons. The van der Waals surface area contributed by atoms with Gasteiger partial charge in [0.2, 0.25) is 0 Å². The number of rotatable bonds is 2. The summed E-state index contributed by atoms with van der Waals surface area (Å²) in [5, 5.41) is 9.60. The zero-order chi connectivity index (χ0) is 13.3. The normalized spacial score (nSPS) is 18.2. The molecule has 5 nitrogen and oxygen atoms in total. The van der Waals surface area contributed by atoms with Crippen LogP contribution in [-0.2, 0) is 9.84 Å². The highest BCUT2D eigenvalue weighted by atomic mass is 32.2. The highest BCUT2D eigenvalue weighted by molar-refractivity contribution is 8.18. The predicted octanol–water partition coefficient (Wildman–Crippen LogP) is 1.86. The van der Waals surface area contributed by atoms with E-state index in [1.165, 1.54) is 12.1 Å². The lowest BCUT2D eigenvalue weighted by molar-refractivity contribution is 0.265. The molecule has 0 spiro atoms. The van der Waals surface area contributed by atoms with Crippen molar-refractivity contribution in [2.24, 2.45) is 0 Å². The van der Waals surface area contributed by atoms with Crippen LogP contribution in [0.3, 0.4) is 0 Å². The second kappa shape index (κ2) is 4.58. The maximum Gasteiger partial charge on any atom is 0.289 e. The van der Waals surface area contributed by atoms with Crippen molar-refractivity contribution in [3.63, 3.8) is 0 Å². The third kappa shape index (κ3) is 2.80. The summed E-state index contributed by atoms with van der Waals surface area (Å²) < 4.78 is 22.6. The lowest BCUT2D eigenvalue weighted by Gasteiger charge is -1.99. The number of hydrogen-bond donors (Lipinski definition) is 2. The van der Waals surface area contributed by atoms with Crippen LogP contribution in [0.4, 0.5) is 4.79 Å². The summed E-state index contributed by atoms with van der Waals surface area (Å²) in [5.41, 5.74) is 0.742. The molecule has 0 aliphatic carbocycles. The van der Waals surface area contributed by atoms with Crippen LogP contribution in [0.15, 0.2) is 34.1 Å². The van der Waals surface area contributed by atoms with Gasteiger partial charge in [-0.15, -0.1) is 0 Å². The Balaban J connectivity index is 2.29. The molecule has 94 valence electrons. The highest BCUT2D eigenvalue weighted by Crippen LogP contribution is 2.25. The molecule has 1 aromatic carbocycles. The van der Waals surface area contributed by atoms with Gasteiger partial charge in [-0.05, 0) is 35.5 Å². The minimum Gasteiger partial charge on any atom is -0.301 e. The van der Waals surface area contributed by atoms with Crippen molar-refractivity contribution in [2.45, 2.75) is 4.90 Å². The van der Waals surface area contributed by atoms with E-state index in [-0.39, 0.29) is 16.0 Å². The van der Waals surface area contributed by atoms with Crippen molar-refractivity contribution in [1.29, 1.82) is 5.41 Å². The molecule has 0 aromatic heterocycles. The SMILES string of the molecule is CS(=O)(=O)c1ccc(C=C2SC(=O)NC2=N)cc1. The first kappa shape index (κ1) is 12.8. The molecule has 18 heavy (non-hydrogen) atoms. The summed E-state index contributed by atoms with van der Waals surface area (Å²) in [6.07, 6.45) is 2.81. The lowest BCUT2D eigenvalue weighted by Crippen LogP contribution is -2.17. The van der Waals surface area contributed by atoms with Crippen molar-refractivity contribution in [3.8, 4) is 0 Å². The molecule has 7 heteroatoms. The number of amidine groups is 1.